The fraction of sp³-hybridized carbons (Fsp3) is 0.636. The van der Waals surface area contributed by atoms with Gasteiger partial charge in [-0.3, -0.25) is 9.48 Å². The first-order valence-corrected chi connectivity index (χ1v) is 10.6. The van der Waals surface area contributed by atoms with E-state index in [2.05, 4.69) is 23.9 Å². The first-order valence-electron chi connectivity index (χ1n) is 10.6. The quantitative estimate of drug-likeness (QED) is 0.815. The molecule has 1 amide bonds. The van der Waals surface area contributed by atoms with Crippen LogP contribution in [0.4, 0.5) is 0 Å². The van der Waals surface area contributed by atoms with Crippen LogP contribution in [0, 0.1) is 12.8 Å². The lowest BCUT2D eigenvalue weighted by atomic mass is 9.77. The summed E-state index contributed by atoms with van der Waals surface area (Å²) in [6.07, 6.45) is 7.09. The lowest BCUT2D eigenvalue weighted by Crippen LogP contribution is -2.48. The molecule has 150 valence electrons. The molecular formula is C22H31N5O. The third kappa shape index (κ3) is 3.33. The molecular weight excluding hydrogens is 350 g/mol. The van der Waals surface area contributed by atoms with Crippen LogP contribution in [0.5, 0.6) is 0 Å². The van der Waals surface area contributed by atoms with E-state index in [-0.39, 0.29) is 11.3 Å². The molecule has 3 heterocycles. The van der Waals surface area contributed by atoms with Gasteiger partial charge < -0.3 is 4.90 Å². The smallest absolute Gasteiger partial charge is 0.272 e. The molecule has 2 aromatic heterocycles. The molecule has 0 aromatic carbocycles. The number of fused-ring (bicyclic) bond motifs is 2. The van der Waals surface area contributed by atoms with Crippen LogP contribution in [0.25, 0.3) is 0 Å². The van der Waals surface area contributed by atoms with E-state index in [9.17, 15) is 4.79 Å². The van der Waals surface area contributed by atoms with Gasteiger partial charge in [0.25, 0.3) is 5.91 Å². The largest absolute Gasteiger partial charge is 0.336 e. The maximum absolute atomic E-state index is 13.4. The van der Waals surface area contributed by atoms with Crippen LogP contribution >= 0.6 is 0 Å². The minimum Gasteiger partial charge on any atom is -0.336 e. The Labute approximate surface area is 167 Å². The van der Waals surface area contributed by atoms with Crippen molar-refractivity contribution in [2.75, 3.05) is 13.1 Å². The molecule has 1 unspecified atom stereocenters. The van der Waals surface area contributed by atoms with Crippen LogP contribution in [-0.4, -0.2) is 43.6 Å². The lowest BCUT2D eigenvalue weighted by Gasteiger charge is -2.40. The fourth-order valence-corrected chi connectivity index (χ4v) is 4.90. The Kier molecular flexibility index (Phi) is 4.98. The highest BCUT2D eigenvalue weighted by Crippen LogP contribution is 2.44. The summed E-state index contributed by atoms with van der Waals surface area (Å²) in [5.41, 5.74) is 4.18. The Morgan fingerprint density at radius 2 is 2.14 bits per heavy atom. The highest BCUT2D eigenvalue weighted by Gasteiger charge is 2.45. The first kappa shape index (κ1) is 19.1. The number of carbonyl (C=O) groups excluding carboxylic acids is 1. The van der Waals surface area contributed by atoms with Crippen LogP contribution < -0.4 is 0 Å². The van der Waals surface area contributed by atoms with Crippen molar-refractivity contribution in [1.82, 2.24) is 24.6 Å². The van der Waals surface area contributed by atoms with Crippen LogP contribution in [0.1, 0.15) is 73.3 Å². The molecule has 0 radical (unpaired) electrons. The molecule has 2 aliphatic rings. The van der Waals surface area contributed by atoms with E-state index in [0.717, 1.165) is 62.4 Å². The first-order chi connectivity index (χ1) is 13.4. The molecule has 6 nitrogen and oxygen atoms in total. The minimum absolute atomic E-state index is 0.00519. The Morgan fingerprint density at radius 3 is 2.89 bits per heavy atom. The van der Waals surface area contributed by atoms with E-state index in [1.54, 1.807) is 0 Å². The van der Waals surface area contributed by atoms with Gasteiger partial charge in [-0.05, 0) is 63.5 Å². The predicted octanol–water partition coefficient (Wildman–Crippen LogP) is 3.32. The number of hydrogen-bond acceptors (Lipinski definition) is 4. The summed E-state index contributed by atoms with van der Waals surface area (Å²) in [4.78, 5) is 24.6. The third-order valence-corrected chi connectivity index (χ3v) is 6.19. The van der Waals surface area contributed by atoms with Gasteiger partial charge in [0.05, 0.1) is 11.4 Å². The van der Waals surface area contributed by atoms with E-state index in [1.165, 1.54) is 11.3 Å². The molecule has 1 fully saturated rings. The number of hydrogen-bond donors (Lipinski definition) is 0. The summed E-state index contributed by atoms with van der Waals surface area (Å²) in [6.45, 7) is 10.7. The number of aromatic nitrogens is 4. The second kappa shape index (κ2) is 7.30. The van der Waals surface area contributed by atoms with Crippen molar-refractivity contribution in [1.29, 1.82) is 0 Å². The summed E-state index contributed by atoms with van der Waals surface area (Å²) in [5, 5.41) is 4.67. The summed E-state index contributed by atoms with van der Waals surface area (Å²) < 4.78 is 1.87. The molecule has 6 heteroatoms. The van der Waals surface area contributed by atoms with E-state index in [4.69, 9.17) is 4.98 Å². The average Bonchev–Trinajstić information content (AvgIpc) is 3.22. The highest BCUT2D eigenvalue weighted by atomic mass is 16.2. The summed E-state index contributed by atoms with van der Waals surface area (Å²) in [6, 6.07) is 2.00. The van der Waals surface area contributed by atoms with Crippen molar-refractivity contribution in [3.8, 4) is 0 Å². The topological polar surface area (TPSA) is 63.9 Å². The predicted molar refractivity (Wildman–Crippen MR) is 108 cm³/mol. The second-order valence-corrected chi connectivity index (χ2v) is 8.84. The Bertz CT molecular complexity index is 883. The minimum atomic E-state index is -0.00519. The van der Waals surface area contributed by atoms with E-state index < -0.39 is 0 Å². The lowest BCUT2D eigenvalue weighted by molar-refractivity contribution is 0.0621. The number of amides is 1. The summed E-state index contributed by atoms with van der Waals surface area (Å²) in [7, 11) is 0. The SMILES string of the molecule is CCn1nc(CC(C)C)cc1C(=O)N1CCCC2(CCc3cnc(C)nc32)C1. The fourth-order valence-electron chi connectivity index (χ4n) is 4.90. The molecule has 0 N–H and O–H groups in total. The van der Waals surface area contributed by atoms with E-state index in [0.29, 0.717) is 12.5 Å². The van der Waals surface area contributed by atoms with Gasteiger partial charge in [-0.25, -0.2) is 9.97 Å². The Balaban J connectivity index is 1.60. The maximum atomic E-state index is 13.4. The van der Waals surface area contributed by atoms with Gasteiger partial charge in [0.2, 0.25) is 0 Å². The molecule has 2 aromatic rings. The van der Waals surface area contributed by atoms with Crippen LogP contribution in [0.15, 0.2) is 12.3 Å². The van der Waals surface area contributed by atoms with Crippen molar-refractivity contribution >= 4 is 5.91 Å². The number of rotatable bonds is 4. The van der Waals surface area contributed by atoms with Gasteiger partial charge in [0.1, 0.15) is 11.5 Å². The van der Waals surface area contributed by atoms with Gasteiger partial charge in [-0.1, -0.05) is 13.8 Å². The normalized spacial score (nSPS) is 21.5. The number of piperidine rings is 1. The molecule has 1 spiro atoms. The third-order valence-electron chi connectivity index (χ3n) is 6.19. The molecule has 28 heavy (non-hydrogen) atoms. The number of likely N-dealkylation sites (tertiary alicyclic amines) is 1. The van der Waals surface area contributed by atoms with E-state index in [1.807, 2.05) is 35.7 Å². The van der Waals surface area contributed by atoms with Crippen molar-refractivity contribution < 1.29 is 4.79 Å². The molecule has 1 atom stereocenters. The molecule has 1 saturated heterocycles. The number of nitrogens with zero attached hydrogens (tertiary/aromatic N) is 5. The summed E-state index contributed by atoms with van der Waals surface area (Å²) in [5.74, 6) is 1.47. The van der Waals surface area contributed by atoms with Gasteiger partial charge in [-0.2, -0.15) is 5.10 Å². The standard InChI is InChI=1S/C22H31N5O/c1-5-27-19(12-18(25-27)11-15(2)3)21(28)26-10-6-8-22(14-26)9-7-17-13-23-16(4)24-20(17)22/h12-13,15H,5-11,14H2,1-4H3. The number of aryl methyl sites for hydroxylation is 3. The Hall–Kier alpha value is -2.24. The van der Waals surface area contributed by atoms with Gasteiger partial charge >= 0.3 is 0 Å². The Morgan fingerprint density at radius 1 is 1.32 bits per heavy atom. The van der Waals surface area contributed by atoms with Gasteiger partial charge in [0.15, 0.2) is 0 Å². The highest BCUT2D eigenvalue weighted by molar-refractivity contribution is 5.93. The van der Waals surface area contributed by atoms with Crippen LogP contribution in [-0.2, 0) is 24.8 Å². The molecule has 1 aliphatic heterocycles. The average molecular weight is 382 g/mol. The summed E-state index contributed by atoms with van der Waals surface area (Å²) >= 11 is 0. The van der Waals surface area contributed by atoms with Gasteiger partial charge in [0, 0.05) is 31.2 Å². The van der Waals surface area contributed by atoms with Crippen LogP contribution in [0.2, 0.25) is 0 Å². The van der Waals surface area contributed by atoms with Crippen molar-refractivity contribution in [3.05, 3.63) is 40.7 Å². The molecule has 0 saturated carbocycles. The monoisotopic (exact) mass is 381 g/mol. The van der Waals surface area contributed by atoms with Crippen molar-refractivity contribution in [2.45, 2.75) is 71.8 Å². The van der Waals surface area contributed by atoms with Crippen LogP contribution in [0.3, 0.4) is 0 Å². The van der Waals surface area contributed by atoms with Crippen molar-refractivity contribution in [2.24, 2.45) is 5.92 Å². The second-order valence-electron chi connectivity index (χ2n) is 8.84. The molecule has 1 aliphatic carbocycles. The number of carbonyl (C=O) groups is 1. The maximum Gasteiger partial charge on any atom is 0.272 e. The zero-order valence-corrected chi connectivity index (χ0v) is 17.5. The van der Waals surface area contributed by atoms with E-state index >= 15 is 0 Å². The zero-order valence-electron chi connectivity index (χ0n) is 17.5. The molecule has 0 bridgehead atoms. The zero-order chi connectivity index (χ0) is 19.9. The van der Waals surface area contributed by atoms with Crippen molar-refractivity contribution in [3.63, 3.8) is 0 Å². The van der Waals surface area contributed by atoms with Gasteiger partial charge in [-0.15, -0.1) is 0 Å². The molecule has 4 rings (SSSR count).